The minimum absolute atomic E-state index is 0.227. The van der Waals surface area contributed by atoms with E-state index in [1.54, 1.807) is 17.5 Å². The normalized spacial score (nSPS) is 14.5. The summed E-state index contributed by atoms with van der Waals surface area (Å²) < 4.78 is 42.6. The monoisotopic (exact) mass is 460 g/mol. The van der Waals surface area contributed by atoms with Crippen LogP contribution in [0.15, 0.2) is 41.8 Å². The van der Waals surface area contributed by atoms with E-state index in [1.807, 2.05) is 18.7 Å². The number of halogens is 3. The minimum atomic E-state index is -0.917. The molecule has 1 aliphatic rings. The summed E-state index contributed by atoms with van der Waals surface area (Å²) in [5.41, 5.74) is 0.727. The largest absolute Gasteiger partial charge is 0.369 e. The van der Waals surface area contributed by atoms with Gasteiger partial charge in [0.2, 0.25) is 0 Å². The van der Waals surface area contributed by atoms with Gasteiger partial charge in [-0.2, -0.15) is 0 Å². The molecule has 0 unspecified atom stereocenters. The number of carbonyl (C=O) groups excluding carboxylic acids is 1. The van der Waals surface area contributed by atoms with Gasteiger partial charge < -0.3 is 10.2 Å². The first-order chi connectivity index (χ1) is 15.3. The summed E-state index contributed by atoms with van der Waals surface area (Å²) in [6.07, 6.45) is 0. The van der Waals surface area contributed by atoms with Gasteiger partial charge in [-0.3, -0.25) is 10.1 Å². The molecule has 0 aliphatic carbocycles. The van der Waals surface area contributed by atoms with E-state index in [0.29, 0.717) is 24.5 Å². The van der Waals surface area contributed by atoms with Crippen LogP contribution in [0.4, 0.5) is 24.0 Å². The lowest BCUT2D eigenvalue weighted by Gasteiger charge is -2.29. The molecule has 0 radical (unpaired) electrons. The van der Waals surface area contributed by atoms with Crippen LogP contribution in [-0.4, -0.2) is 37.1 Å². The fourth-order valence-corrected chi connectivity index (χ4v) is 4.55. The number of nitrogens with one attached hydrogen (secondary N) is 2. The summed E-state index contributed by atoms with van der Waals surface area (Å²) in [6, 6.07) is 8.49. The zero-order chi connectivity index (χ0) is 22.9. The molecule has 2 N–H and O–H groups in total. The van der Waals surface area contributed by atoms with Gasteiger partial charge in [0, 0.05) is 42.7 Å². The van der Waals surface area contributed by atoms with Gasteiger partial charge in [-0.15, -0.1) is 11.3 Å². The Morgan fingerprint density at radius 3 is 2.34 bits per heavy atom. The van der Waals surface area contributed by atoms with Crippen molar-refractivity contribution in [3.8, 4) is 0 Å². The molecular weight excluding hydrogens is 437 g/mol. The van der Waals surface area contributed by atoms with Crippen LogP contribution in [0.1, 0.15) is 35.5 Å². The van der Waals surface area contributed by atoms with E-state index in [0.717, 1.165) is 30.0 Å². The summed E-state index contributed by atoms with van der Waals surface area (Å²) in [4.78, 5) is 18.9. The maximum Gasteiger partial charge on any atom is 0.263 e. The van der Waals surface area contributed by atoms with E-state index in [2.05, 4.69) is 15.6 Å². The fraction of sp³-hybridized carbons (Fsp3) is 0.304. The van der Waals surface area contributed by atoms with E-state index in [1.165, 1.54) is 24.3 Å². The number of hydrogen-bond acceptors (Lipinski definition) is 5. The average Bonchev–Trinajstić information content (AvgIpc) is 3.23. The van der Waals surface area contributed by atoms with Crippen LogP contribution in [-0.2, 0) is 5.41 Å². The number of amides is 1. The van der Waals surface area contributed by atoms with Crippen molar-refractivity contribution >= 4 is 28.1 Å². The zero-order valence-electron chi connectivity index (χ0n) is 17.7. The molecule has 32 heavy (non-hydrogen) atoms. The third kappa shape index (κ3) is 4.49. The number of hydrogen-bond donors (Lipinski definition) is 2. The number of nitrogens with zero attached hydrogens (tertiary/aromatic N) is 2. The van der Waals surface area contributed by atoms with Gasteiger partial charge in [0.25, 0.3) is 5.91 Å². The topological polar surface area (TPSA) is 57.3 Å². The van der Waals surface area contributed by atoms with Gasteiger partial charge >= 0.3 is 0 Å². The van der Waals surface area contributed by atoms with Crippen LogP contribution < -0.4 is 15.5 Å². The van der Waals surface area contributed by atoms with E-state index in [4.69, 9.17) is 0 Å². The van der Waals surface area contributed by atoms with Crippen molar-refractivity contribution in [2.24, 2.45) is 0 Å². The molecule has 2 heterocycles. The minimum Gasteiger partial charge on any atom is -0.369 e. The summed E-state index contributed by atoms with van der Waals surface area (Å²) in [5.74, 6) is -3.06. The van der Waals surface area contributed by atoms with Crippen molar-refractivity contribution in [2.45, 2.75) is 19.3 Å². The van der Waals surface area contributed by atoms with Crippen LogP contribution in [0.2, 0.25) is 0 Å². The molecule has 1 aromatic heterocycles. The van der Waals surface area contributed by atoms with Crippen LogP contribution in [0.3, 0.4) is 0 Å². The molecule has 1 fully saturated rings. The Morgan fingerprint density at radius 1 is 1.09 bits per heavy atom. The average molecular weight is 461 g/mol. The maximum atomic E-state index is 14.7. The lowest BCUT2D eigenvalue weighted by Crippen LogP contribution is -2.43. The maximum absolute atomic E-state index is 14.7. The first kappa shape index (κ1) is 22.3. The second-order valence-electron chi connectivity index (χ2n) is 8.15. The van der Waals surface area contributed by atoms with Gasteiger partial charge in [-0.05, 0) is 29.8 Å². The third-order valence-corrected chi connectivity index (χ3v) is 6.42. The molecule has 0 bridgehead atoms. The predicted molar refractivity (Wildman–Crippen MR) is 120 cm³/mol. The van der Waals surface area contributed by atoms with E-state index < -0.39 is 28.5 Å². The molecule has 1 amide bonds. The van der Waals surface area contributed by atoms with Gasteiger partial charge in [-0.25, -0.2) is 18.2 Å². The number of aromatic nitrogens is 1. The Hall–Kier alpha value is -2.91. The van der Waals surface area contributed by atoms with Crippen molar-refractivity contribution in [1.29, 1.82) is 0 Å². The van der Waals surface area contributed by atoms with Crippen LogP contribution >= 0.6 is 11.3 Å². The molecule has 5 nitrogen and oxygen atoms in total. The molecule has 1 saturated heterocycles. The van der Waals surface area contributed by atoms with Gasteiger partial charge in [-0.1, -0.05) is 26.0 Å². The Balaban J connectivity index is 1.52. The molecule has 9 heteroatoms. The number of piperazine rings is 1. The molecule has 1 aliphatic heterocycles. The Bertz CT molecular complexity index is 1100. The highest BCUT2D eigenvalue weighted by atomic mass is 32.1. The quantitative estimate of drug-likeness (QED) is 0.587. The number of anilines is 2. The molecule has 2 aromatic carbocycles. The van der Waals surface area contributed by atoms with E-state index in [9.17, 15) is 18.0 Å². The van der Waals surface area contributed by atoms with Gasteiger partial charge in [0.05, 0.1) is 5.69 Å². The second kappa shape index (κ2) is 8.91. The highest BCUT2D eigenvalue weighted by molar-refractivity contribution is 7.14. The van der Waals surface area contributed by atoms with Crippen molar-refractivity contribution in [3.63, 3.8) is 0 Å². The molecule has 0 spiro atoms. The van der Waals surface area contributed by atoms with Crippen LogP contribution in [0, 0.1) is 17.5 Å². The number of benzene rings is 2. The van der Waals surface area contributed by atoms with Crippen LogP contribution in [0.25, 0.3) is 0 Å². The number of carbonyl (C=O) groups is 1. The lowest BCUT2D eigenvalue weighted by atomic mass is 9.82. The molecule has 3 aromatic rings. The first-order valence-corrected chi connectivity index (χ1v) is 11.1. The predicted octanol–water partition coefficient (Wildman–Crippen LogP) is 4.55. The molecular formula is C23H23F3N4OS. The van der Waals surface area contributed by atoms with E-state index >= 15 is 0 Å². The zero-order valence-corrected chi connectivity index (χ0v) is 18.5. The summed E-state index contributed by atoms with van der Waals surface area (Å²) in [7, 11) is 0. The van der Waals surface area contributed by atoms with Crippen molar-refractivity contribution < 1.29 is 18.0 Å². The fourth-order valence-electron chi connectivity index (χ4n) is 3.67. The highest BCUT2D eigenvalue weighted by Gasteiger charge is 2.27. The summed E-state index contributed by atoms with van der Waals surface area (Å²) >= 11 is 1.16. The van der Waals surface area contributed by atoms with E-state index in [-0.39, 0.29) is 10.9 Å². The smallest absolute Gasteiger partial charge is 0.263 e. The first-order valence-electron chi connectivity index (χ1n) is 10.2. The van der Waals surface area contributed by atoms with Crippen molar-refractivity contribution in [3.05, 3.63) is 76.1 Å². The summed E-state index contributed by atoms with van der Waals surface area (Å²) in [6.45, 7) is 6.58. The third-order valence-electron chi connectivity index (χ3n) is 5.67. The lowest BCUT2D eigenvalue weighted by molar-refractivity contribution is 0.101. The molecule has 4 rings (SSSR count). The molecule has 0 atom stereocenters. The Kier molecular flexibility index (Phi) is 6.21. The van der Waals surface area contributed by atoms with Crippen molar-refractivity contribution in [2.75, 3.05) is 36.4 Å². The van der Waals surface area contributed by atoms with Gasteiger partial charge in [0.15, 0.2) is 5.13 Å². The highest BCUT2D eigenvalue weighted by Crippen LogP contribution is 2.34. The summed E-state index contributed by atoms with van der Waals surface area (Å²) in [5, 5.41) is 7.67. The second-order valence-corrected chi connectivity index (χ2v) is 9.00. The number of thiazole rings is 1. The van der Waals surface area contributed by atoms with Gasteiger partial charge in [0.1, 0.15) is 23.0 Å². The Labute approximate surface area is 188 Å². The number of rotatable bonds is 5. The molecule has 0 saturated carbocycles. The van der Waals surface area contributed by atoms with Crippen LogP contribution in [0.5, 0.6) is 0 Å². The Morgan fingerprint density at radius 2 is 1.72 bits per heavy atom. The molecule has 168 valence electrons. The standard InChI is InChI=1S/C23H23F3N4OS/c1-23(2,14-3-5-15(24)6-4-14)19-13-32-22(28-19)29-21(31)20-17(25)11-16(12-18(20)26)30-9-7-27-8-10-30/h3-6,11-13,27H,7-10H2,1-2H3,(H,28,29,31). The van der Waals surface area contributed by atoms with Crippen molar-refractivity contribution in [1.82, 2.24) is 10.3 Å². The SMILES string of the molecule is CC(C)(c1ccc(F)cc1)c1csc(NC(=O)c2c(F)cc(N3CCNCC3)cc2F)n1.